The molecule has 5 heteroatoms. The first-order valence-electron chi connectivity index (χ1n) is 5.72. The lowest BCUT2D eigenvalue weighted by Gasteiger charge is -2.07. The zero-order valence-corrected chi connectivity index (χ0v) is 10.6. The molecule has 2 aromatic rings. The topological polar surface area (TPSA) is 63.7 Å². The highest BCUT2D eigenvalue weighted by Crippen LogP contribution is 2.25. The molecule has 0 unspecified atom stereocenters. The molecule has 0 aliphatic heterocycles. The lowest BCUT2D eigenvalue weighted by Crippen LogP contribution is -1.96. The van der Waals surface area contributed by atoms with Crippen LogP contribution in [-0.2, 0) is 6.54 Å². The Labute approximate surface area is 106 Å². The summed E-state index contributed by atoms with van der Waals surface area (Å²) in [6.45, 7) is 6.51. The fourth-order valence-electron chi connectivity index (χ4n) is 1.69. The fourth-order valence-corrected chi connectivity index (χ4v) is 1.69. The largest absolute Gasteiger partial charge is 0.434 e. The van der Waals surface area contributed by atoms with Crippen molar-refractivity contribution in [3.63, 3.8) is 0 Å². The van der Waals surface area contributed by atoms with Gasteiger partial charge in [0.2, 0.25) is 5.88 Å². The first kappa shape index (κ1) is 12.1. The number of hydrogen-bond acceptors (Lipinski definition) is 4. The van der Waals surface area contributed by atoms with E-state index >= 15 is 0 Å². The molecule has 0 atom stereocenters. The maximum atomic E-state index is 9.13. The Balaban J connectivity index is 2.36. The van der Waals surface area contributed by atoms with Gasteiger partial charge in [-0.05, 0) is 32.4 Å². The van der Waals surface area contributed by atoms with Crippen LogP contribution in [0.1, 0.15) is 23.7 Å². The highest BCUT2D eigenvalue weighted by molar-refractivity contribution is 5.46. The Morgan fingerprint density at radius 1 is 1.44 bits per heavy atom. The van der Waals surface area contributed by atoms with Crippen LogP contribution in [-0.4, -0.2) is 14.8 Å². The fraction of sp³-hybridized carbons (Fsp3) is 0.308. The zero-order valence-electron chi connectivity index (χ0n) is 10.6. The maximum absolute atomic E-state index is 9.13. The van der Waals surface area contributed by atoms with Crippen molar-refractivity contribution in [2.45, 2.75) is 27.3 Å². The van der Waals surface area contributed by atoms with Gasteiger partial charge >= 0.3 is 0 Å². The van der Waals surface area contributed by atoms with Gasteiger partial charge in [0.05, 0.1) is 12.4 Å². The number of nitrogens with zero attached hydrogens (tertiary/aromatic N) is 4. The van der Waals surface area contributed by atoms with E-state index in [2.05, 4.69) is 16.2 Å². The van der Waals surface area contributed by atoms with Gasteiger partial charge in [-0.25, -0.2) is 4.98 Å². The van der Waals surface area contributed by atoms with Gasteiger partial charge in [0.25, 0.3) is 0 Å². The quantitative estimate of drug-likeness (QED) is 0.829. The number of hydrogen-bond donors (Lipinski definition) is 0. The number of ether oxygens (including phenoxy) is 1. The smallest absolute Gasteiger partial charge is 0.237 e. The third-order valence-corrected chi connectivity index (χ3v) is 2.57. The third-order valence-electron chi connectivity index (χ3n) is 2.57. The van der Waals surface area contributed by atoms with E-state index in [4.69, 9.17) is 10.00 Å². The summed E-state index contributed by atoms with van der Waals surface area (Å²) in [5.74, 6) is 0.927. The van der Waals surface area contributed by atoms with Crippen molar-refractivity contribution in [1.82, 2.24) is 14.8 Å². The van der Waals surface area contributed by atoms with Gasteiger partial charge < -0.3 is 4.74 Å². The first-order chi connectivity index (χ1) is 8.63. The Morgan fingerprint density at radius 3 is 2.83 bits per heavy atom. The molecular weight excluding hydrogens is 228 g/mol. The summed E-state index contributed by atoms with van der Waals surface area (Å²) < 4.78 is 7.38. The van der Waals surface area contributed by atoms with Crippen molar-refractivity contribution < 1.29 is 4.74 Å². The van der Waals surface area contributed by atoms with E-state index in [1.165, 1.54) is 0 Å². The van der Waals surface area contributed by atoms with Crippen molar-refractivity contribution >= 4 is 0 Å². The second-order valence-electron chi connectivity index (χ2n) is 4.01. The molecule has 2 heterocycles. The molecule has 0 fully saturated rings. The molecule has 0 spiro atoms. The zero-order chi connectivity index (χ0) is 13.1. The summed E-state index contributed by atoms with van der Waals surface area (Å²) in [6, 6.07) is 3.98. The molecule has 0 aliphatic rings. The van der Waals surface area contributed by atoms with Crippen molar-refractivity contribution in [3.05, 3.63) is 35.3 Å². The number of nitriles is 1. The number of aromatic nitrogens is 3. The molecule has 5 nitrogen and oxygen atoms in total. The summed E-state index contributed by atoms with van der Waals surface area (Å²) >= 11 is 0. The molecule has 2 aromatic heterocycles. The van der Waals surface area contributed by atoms with E-state index in [1.54, 1.807) is 17.1 Å². The van der Waals surface area contributed by atoms with Gasteiger partial charge in [-0.15, -0.1) is 0 Å². The van der Waals surface area contributed by atoms with Crippen LogP contribution in [0.15, 0.2) is 18.5 Å². The molecule has 0 bridgehead atoms. The van der Waals surface area contributed by atoms with E-state index in [0.29, 0.717) is 17.2 Å². The molecule has 92 valence electrons. The second kappa shape index (κ2) is 4.88. The van der Waals surface area contributed by atoms with Gasteiger partial charge in [0.1, 0.15) is 11.6 Å². The van der Waals surface area contributed by atoms with Gasteiger partial charge in [-0.3, -0.25) is 4.68 Å². The second-order valence-corrected chi connectivity index (χ2v) is 4.01. The van der Waals surface area contributed by atoms with E-state index in [1.807, 2.05) is 26.8 Å². The van der Waals surface area contributed by atoms with Crippen LogP contribution in [0.3, 0.4) is 0 Å². The highest BCUT2D eigenvalue weighted by Gasteiger charge is 2.11. The lowest BCUT2D eigenvalue weighted by atomic mass is 10.1. The molecule has 18 heavy (non-hydrogen) atoms. The Morgan fingerprint density at radius 2 is 2.22 bits per heavy atom. The number of rotatable bonds is 3. The number of aryl methyl sites for hydroxylation is 3. The summed E-state index contributed by atoms with van der Waals surface area (Å²) in [5, 5.41) is 13.2. The van der Waals surface area contributed by atoms with Gasteiger partial charge in [0.15, 0.2) is 5.75 Å². The normalized spacial score (nSPS) is 10.1. The van der Waals surface area contributed by atoms with E-state index in [-0.39, 0.29) is 0 Å². The molecule has 0 amide bonds. The summed E-state index contributed by atoms with van der Waals surface area (Å²) in [7, 11) is 0. The van der Waals surface area contributed by atoms with Gasteiger partial charge in [-0.1, -0.05) is 0 Å². The van der Waals surface area contributed by atoms with Crippen molar-refractivity contribution in [3.8, 4) is 17.7 Å². The van der Waals surface area contributed by atoms with E-state index < -0.39 is 0 Å². The SMILES string of the molecule is CCn1cc(Oc2nc(C)cc(C)c2C#N)cn1. The standard InChI is InChI=1S/C13H14N4O/c1-4-17-8-11(7-15-17)18-13-12(6-14)9(2)5-10(3)16-13/h5,7-8H,4H2,1-3H3. The molecule has 2 rings (SSSR count). The molecule has 0 radical (unpaired) electrons. The minimum Gasteiger partial charge on any atom is -0.434 e. The molecule has 0 aromatic carbocycles. The van der Waals surface area contributed by atoms with Crippen LogP contribution in [0.4, 0.5) is 0 Å². The molecule has 0 saturated carbocycles. The average Bonchev–Trinajstić information content (AvgIpc) is 2.76. The van der Waals surface area contributed by atoms with E-state index in [0.717, 1.165) is 17.8 Å². The monoisotopic (exact) mass is 242 g/mol. The van der Waals surface area contributed by atoms with Gasteiger partial charge in [0, 0.05) is 12.2 Å². The van der Waals surface area contributed by atoms with Crippen molar-refractivity contribution in [2.24, 2.45) is 0 Å². The predicted octanol–water partition coefficient (Wildman–Crippen LogP) is 2.58. The summed E-state index contributed by atoms with van der Waals surface area (Å²) in [6.07, 6.45) is 3.39. The Kier molecular flexibility index (Phi) is 3.28. The molecule has 0 saturated heterocycles. The van der Waals surface area contributed by atoms with Crippen LogP contribution in [0.5, 0.6) is 11.6 Å². The number of pyridine rings is 1. The van der Waals surface area contributed by atoms with Crippen LogP contribution >= 0.6 is 0 Å². The van der Waals surface area contributed by atoms with Crippen LogP contribution in [0.25, 0.3) is 0 Å². The summed E-state index contributed by atoms with van der Waals surface area (Å²) in [4.78, 5) is 4.25. The Bertz CT molecular complexity index is 610. The minimum absolute atomic E-state index is 0.339. The van der Waals surface area contributed by atoms with Crippen molar-refractivity contribution in [1.29, 1.82) is 5.26 Å². The van der Waals surface area contributed by atoms with E-state index in [9.17, 15) is 0 Å². The Hall–Kier alpha value is -2.35. The predicted molar refractivity (Wildman–Crippen MR) is 66.4 cm³/mol. The van der Waals surface area contributed by atoms with Crippen molar-refractivity contribution in [2.75, 3.05) is 0 Å². The first-order valence-corrected chi connectivity index (χ1v) is 5.72. The maximum Gasteiger partial charge on any atom is 0.237 e. The summed E-state index contributed by atoms with van der Waals surface area (Å²) in [5.41, 5.74) is 2.15. The molecule has 0 N–H and O–H groups in total. The van der Waals surface area contributed by atoms with Gasteiger partial charge in [-0.2, -0.15) is 10.4 Å². The van der Waals surface area contributed by atoms with Crippen LogP contribution in [0, 0.1) is 25.2 Å². The molecule has 0 aliphatic carbocycles. The minimum atomic E-state index is 0.339. The lowest BCUT2D eigenvalue weighted by molar-refractivity contribution is 0.458. The average molecular weight is 242 g/mol. The van der Waals surface area contributed by atoms with Crippen LogP contribution < -0.4 is 4.74 Å². The highest BCUT2D eigenvalue weighted by atomic mass is 16.5. The van der Waals surface area contributed by atoms with Crippen LogP contribution in [0.2, 0.25) is 0 Å². The molecular formula is C13H14N4O. The third kappa shape index (κ3) is 2.33.